The van der Waals surface area contributed by atoms with E-state index in [4.69, 9.17) is 8.85 Å². The summed E-state index contributed by atoms with van der Waals surface area (Å²) >= 11 is 0. The van der Waals surface area contributed by atoms with Gasteiger partial charge in [0.1, 0.15) is 0 Å². The van der Waals surface area contributed by atoms with Crippen molar-refractivity contribution in [1.29, 1.82) is 0 Å². The van der Waals surface area contributed by atoms with Gasteiger partial charge in [-0.15, -0.1) is 6.58 Å². The van der Waals surface area contributed by atoms with Crippen LogP contribution in [0.1, 0.15) is 41.5 Å². The quantitative estimate of drug-likeness (QED) is 0.504. The molecule has 1 fully saturated rings. The third kappa shape index (κ3) is 2.05. The first-order chi connectivity index (χ1) is 6.64. The van der Waals surface area contributed by atoms with Crippen LogP contribution in [0.3, 0.4) is 0 Å². The topological polar surface area (TPSA) is 18.5 Å². The van der Waals surface area contributed by atoms with Crippen LogP contribution >= 0.6 is 0 Å². The van der Waals surface area contributed by atoms with Gasteiger partial charge in [0, 0.05) is 10.1 Å². The number of hydrogen-bond donors (Lipinski definition) is 0. The molecular formula is C12H24O2Si. The zero-order valence-corrected chi connectivity index (χ0v) is 11.9. The normalized spacial score (nSPS) is 26.7. The maximum Gasteiger partial charge on any atom is 0.349 e. The van der Waals surface area contributed by atoms with E-state index in [0.717, 1.165) is 0 Å². The summed E-state index contributed by atoms with van der Waals surface area (Å²) in [7, 11) is -2.19. The molecule has 0 aromatic rings. The molecule has 1 unspecified atom stereocenters. The molecule has 0 amide bonds. The second kappa shape index (κ2) is 3.72. The average molecular weight is 228 g/mol. The van der Waals surface area contributed by atoms with Crippen molar-refractivity contribution in [2.24, 2.45) is 0 Å². The highest BCUT2D eigenvalue weighted by Gasteiger charge is 2.61. The molecule has 1 heterocycles. The molecular weight excluding hydrogens is 204 g/mol. The van der Waals surface area contributed by atoms with Crippen LogP contribution < -0.4 is 0 Å². The Kier molecular flexibility index (Phi) is 3.21. The van der Waals surface area contributed by atoms with Crippen LogP contribution in [0.2, 0.25) is 10.1 Å². The molecule has 88 valence electrons. The fraction of sp³-hybridized carbons (Fsp3) is 0.833. The minimum absolute atomic E-state index is 0.0788. The second-order valence-electron chi connectivity index (χ2n) is 6.32. The standard InChI is InChI=1S/C12H24O2Si/c1-8-10-9-13-15(14-10,11(2,3)4)12(5,6)7/h8,10H,1,9H2,2-7H3. The van der Waals surface area contributed by atoms with Gasteiger partial charge in [0.15, 0.2) is 0 Å². The van der Waals surface area contributed by atoms with E-state index in [0.29, 0.717) is 6.61 Å². The highest BCUT2D eigenvalue weighted by atomic mass is 28.4. The van der Waals surface area contributed by atoms with Gasteiger partial charge in [-0.2, -0.15) is 0 Å². The Bertz CT molecular complexity index is 233. The van der Waals surface area contributed by atoms with Crippen molar-refractivity contribution < 1.29 is 8.85 Å². The molecule has 3 heteroatoms. The largest absolute Gasteiger partial charge is 0.391 e. The summed E-state index contributed by atoms with van der Waals surface area (Å²) in [6, 6.07) is 0. The third-order valence-corrected chi connectivity index (χ3v) is 8.16. The van der Waals surface area contributed by atoms with E-state index in [1.807, 2.05) is 6.08 Å². The summed E-state index contributed by atoms with van der Waals surface area (Å²) in [6.45, 7) is 17.8. The molecule has 0 spiro atoms. The predicted molar refractivity (Wildman–Crippen MR) is 66.2 cm³/mol. The third-order valence-electron chi connectivity index (χ3n) is 3.01. The maximum atomic E-state index is 6.23. The van der Waals surface area contributed by atoms with Crippen LogP contribution in [-0.4, -0.2) is 21.3 Å². The van der Waals surface area contributed by atoms with Gasteiger partial charge in [0.2, 0.25) is 0 Å². The van der Waals surface area contributed by atoms with Crippen molar-refractivity contribution in [2.45, 2.75) is 57.7 Å². The lowest BCUT2D eigenvalue weighted by Gasteiger charge is -2.45. The maximum absolute atomic E-state index is 6.23. The van der Waals surface area contributed by atoms with Gasteiger partial charge in [-0.25, -0.2) is 0 Å². The van der Waals surface area contributed by atoms with Crippen molar-refractivity contribution >= 4 is 8.56 Å². The van der Waals surface area contributed by atoms with Gasteiger partial charge in [0.25, 0.3) is 0 Å². The first kappa shape index (κ1) is 12.9. The number of rotatable bonds is 1. The molecule has 0 saturated carbocycles. The monoisotopic (exact) mass is 228 g/mol. The van der Waals surface area contributed by atoms with Crippen LogP contribution in [0.25, 0.3) is 0 Å². The summed E-state index contributed by atoms with van der Waals surface area (Å²) in [5.74, 6) is 0. The Hall–Kier alpha value is -0.123. The van der Waals surface area contributed by atoms with Crippen molar-refractivity contribution in [1.82, 2.24) is 0 Å². The van der Waals surface area contributed by atoms with E-state index >= 15 is 0 Å². The Balaban J connectivity index is 3.06. The molecule has 0 aliphatic carbocycles. The van der Waals surface area contributed by atoms with Gasteiger partial charge in [-0.05, 0) is 0 Å². The molecule has 0 N–H and O–H groups in total. The Morgan fingerprint density at radius 3 is 1.80 bits per heavy atom. The Labute approximate surface area is 94.9 Å². The van der Waals surface area contributed by atoms with Gasteiger partial charge in [-0.1, -0.05) is 47.6 Å². The SMILES string of the molecule is C=CC1CO[Si](C(C)(C)C)(C(C)(C)C)O1. The molecule has 2 nitrogen and oxygen atoms in total. The molecule has 0 radical (unpaired) electrons. The van der Waals surface area contributed by atoms with Gasteiger partial charge in [-0.3, -0.25) is 0 Å². The van der Waals surface area contributed by atoms with Gasteiger partial charge in [0.05, 0.1) is 12.7 Å². The van der Waals surface area contributed by atoms with Crippen LogP contribution in [0, 0.1) is 0 Å². The molecule has 1 rings (SSSR count). The lowest BCUT2D eigenvalue weighted by atomic mass is 10.2. The Morgan fingerprint density at radius 1 is 1.13 bits per heavy atom. The van der Waals surface area contributed by atoms with Crippen molar-refractivity contribution in [2.75, 3.05) is 6.61 Å². The predicted octanol–water partition coefficient (Wildman–Crippen LogP) is 3.63. The van der Waals surface area contributed by atoms with Crippen molar-refractivity contribution in [3.63, 3.8) is 0 Å². The van der Waals surface area contributed by atoms with E-state index in [2.05, 4.69) is 48.1 Å². The molecule has 0 aromatic carbocycles. The van der Waals surface area contributed by atoms with Crippen LogP contribution in [-0.2, 0) is 8.85 Å². The lowest BCUT2D eigenvalue weighted by Crippen LogP contribution is -2.54. The summed E-state index contributed by atoms with van der Waals surface area (Å²) in [5, 5.41) is 0.173. The molecule has 1 aliphatic rings. The first-order valence-electron chi connectivity index (χ1n) is 5.58. The minimum atomic E-state index is -2.19. The smallest absolute Gasteiger partial charge is 0.349 e. The molecule has 1 saturated heterocycles. The van der Waals surface area contributed by atoms with Gasteiger partial charge >= 0.3 is 8.56 Å². The summed E-state index contributed by atoms with van der Waals surface area (Å²) < 4.78 is 12.3. The molecule has 1 aliphatic heterocycles. The first-order valence-corrected chi connectivity index (χ1v) is 7.40. The van der Waals surface area contributed by atoms with Gasteiger partial charge < -0.3 is 8.85 Å². The molecule has 15 heavy (non-hydrogen) atoms. The minimum Gasteiger partial charge on any atom is -0.391 e. The van der Waals surface area contributed by atoms with Crippen LogP contribution in [0.15, 0.2) is 12.7 Å². The highest BCUT2D eigenvalue weighted by molar-refractivity contribution is 6.73. The highest BCUT2D eigenvalue weighted by Crippen LogP contribution is 2.54. The molecule has 0 bridgehead atoms. The van der Waals surface area contributed by atoms with Crippen LogP contribution in [0.5, 0.6) is 0 Å². The van der Waals surface area contributed by atoms with E-state index in [9.17, 15) is 0 Å². The van der Waals surface area contributed by atoms with Crippen molar-refractivity contribution in [3.8, 4) is 0 Å². The van der Waals surface area contributed by atoms with Crippen molar-refractivity contribution in [3.05, 3.63) is 12.7 Å². The van der Waals surface area contributed by atoms with E-state index in [-0.39, 0.29) is 16.2 Å². The Morgan fingerprint density at radius 2 is 1.60 bits per heavy atom. The number of hydrogen-bond acceptors (Lipinski definition) is 2. The van der Waals surface area contributed by atoms with E-state index in [1.54, 1.807) is 0 Å². The molecule has 1 atom stereocenters. The van der Waals surface area contributed by atoms with E-state index in [1.165, 1.54) is 0 Å². The molecule has 0 aromatic heterocycles. The average Bonchev–Trinajstić information content (AvgIpc) is 2.45. The second-order valence-corrected chi connectivity index (χ2v) is 11.1. The van der Waals surface area contributed by atoms with E-state index < -0.39 is 8.56 Å². The summed E-state index contributed by atoms with van der Waals surface area (Å²) in [5.41, 5.74) is 0. The fourth-order valence-electron chi connectivity index (χ4n) is 2.51. The summed E-state index contributed by atoms with van der Waals surface area (Å²) in [6.07, 6.45) is 1.93. The zero-order chi connectivity index (χ0) is 11.9. The zero-order valence-electron chi connectivity index (χ0n) is 10.9. The fourth-order valence-corrected chi connectivity index (χ4v) is 7.39. The summed E-state index contributed by atoms with van der Waals surface area (Å²) in [4.78, 5) is 0. The lowest BCUT2D eigenvalue weighted by molar-refractivity contribution is 0.237. The van der Waals surface area contributed by atoms with Crippen LogP contribution in [0.4, 0.5) is 0 Å².